The zero-order chi connectivity index (χ0) is 23.1. The molecule has 2 aliphatic rings. The van der Waals surface area contributed by atoms with Gasteiger partial charge in [0, 0.05) is 6.04 Å². The summed E-state index contributed by atoms with van der Waals surface area (Å²) in [5.41, 5.74) is -1.45. The standard InChI is InChI=1S/C22H22ClF3N2O3S/c23-18-9-8-16(22(24,25)26)12-20(18)28(32(30,31)17-4-2-1-3-5-17)13-21(29)27-19-11-14-6-7-15(19)10-14/h1-5,8-9,12,14-15,19H,6-7,10-11,13H2,(H,27,29)/t14-,15-,19+/m1/s1. The maximum atomic E-state index is 13.4. The van der Waals surface area contributed by atoms with Crippen molar-refractivity contribution in [3.8, 4) is 0 Å². The molecule has 0 spiro atoms. The molecule has 4 rings (SSSR count). The summed E-state index contributed by atoms with van der Waals surface area (Å²) >= 11 is 6.13. The van der Waals surface area contributed by atoms with Gasteiger partial charge in [0.05, 0.1) is 21.2 Å². The van der Waals surface area contributed by atoms with E-state index in [1.807, 2.05) is 0 Å². The highest BCUT2D eigenvalue weighted by molar-refractivity contribution is 7.92. The van der Waals surface area contributed by atoms with Crippen LogP contribution in [-0.2, 0) is 21.0 Å². The smallest absolute Gasteiger partial charge is 0.352 e. The molecule has 2 aliphatic carbocycles. The van der Waals surface area contributed by atoms with Crippen LogP contribution in [0.5, 0.6) is 0 Å². The molecule has 1 amide bonds. The quantitative estimate of drug-likeness (QED) is 0.634. The Morgan fingerprint density at radius 1 is 1.09 bits per heavy atom. The summed E-state index contributed by atoms with van der Waals surface area (Å²) in [7, 11) is -4.36. The van der Waals surface area contributed by atoms with Gasteiger partial charge in [-0.15, -0.1) is 0 Å². The number of hydrogen-bond donors (Lipinski definition) is 1. The molecule has 3 atom stereocenters. The van der Waals surface area contributed by atoms with Gasteiger partial charge in [-0.2, -0.15) is 13.2 Å². The summed E-state index contributed by atoms with van der Waals surface area (Å²) < 4.78 is 67.3. The van der Waals surface area contributed by atoms with Crippen molar-refractivity contribution in [3.63, 3.8) is 0 Å². The Morgan fingerprint density at radius 2 is 1.81 bits per heavy atom. The van der Waals surface area contributed by atoms with Crippen LogP contribution < -0.4 is 9.62 Å². The molecule has 32 heavy (non-hydrogen) atoms. The lowest BCUT2D eigenvalue weighted by molar-refractivity contribution is -0.137. The van der Waals surface area contributed by atoms with Gasteiger partial charge in [-0.25, -0.2) is 8.42 Å². The van der Waals surface area contributed by atoms with Gasteiger partial charge in [0.2, 0.25) is 5.91 Å². The Bertz CT molecular complexity index is 1110. The topological polar surface area (TPSA) is 66.5 Å². The van der Waals surface area contributed by atoms with Crippen molar-refractivity contribution in [2.45, 2.75) is 42.8 Å². The highest BCUT2D eigenvalue weighted by Gasteiger charge is 2.41. The zero-order valence-electron chi connectivity index (χ0n) is 17.0. The molecule has 0 saturated heterocycles. The summed E-state index contributed by atoms with van der Waals surface area (Å²) in [6, 6.07) is 9.61. The second-order valence-corrected chi connectivity index (χ2v) is 10.6. The van der Waals surface area contributed by atoms with Gasteiger partial charge in [-0.1, -0.05) is 36.2 Å². The summed E-state index contributed by atoms with van der Waals surface area (Å²) in [5, 5.41) is 2.68. The van der Waals surface area contributed by atoms with Gasteiger partial charge in [-0.05, 0) is 61.4 Å². The van der Waals surface area contributed by atoms with Crippen molar-refractivity contribution in [3.05, 3.63) is 59.1 Å². The van der Waals surface area contributed by atoms with Gasteiger partial charge in [0.25, 0.3) is 10.0 Å². The molecule has 172 valence electrons. The van der Waals surface area contributed by atoms with Crippen molar-refractivity contribution in [1.29, 1.82) is 0 Å². The average Bonchev–Trinajstić information content (AvgIpc) is 3.35. The Hall–Kier alpha value is -2.26. The van der Waals surface area contributed by atoms with E-state index in [9.17, 15) is 26.4 Å². The predicted octanol–water partition coefficient (Wildman–Crippen LogP) is 4.86. The molecule has 2 bridgehead atoms. The van der Waals surface area contributed by atoms with Crippen LogP contribution in [0.15, 0.2) is 53.4 Å². The minimum Gasteiger partial charge on any atom is -0.352 e. The number of alkyl halides is 3. The maximum absolute atomic E-state index is 13.4. The minimum atomic E-state index is -4.70. The molecule has 2 saturated carbocycles. The number of amides is 1. The van der Waals surface area contributed by atoms with Crippen molar-refractivity contribution in [2.24, 2.45) is 11.8 Å². The number of anilines is 1. The van der Waals surface area contributed by atoms with Crippen LogP contribution >= 0.6 is 11.6 Å². The predicted molar refractivity (Wildman–Crippen MR) is 115 cm³/mol. The molecule has 0 radical (unpaired) electrons. The fraction of sp³-hybridized carbons (Fsp3) is 0.409. The Labute approximate surface area is 189 Å². The van der Waals surface area contributed by atoms with Crippen LogP contribution in [0.3, 0.4) is 0 Å². The fourth-order valence-corrected chi connectivity index (χ4v) is 6.43. The normalized spacial score (nSPS) is 22.7. The number of carbonyl (C=O) groups excluding carboxylic acids is 1. The molecular weight excluding hydrogens is 465 g/mol. The van der Waals surface area contributed by atoms with Gasteiger partial charge in [0.1, 0.15) is 6.54 Å². The minimum absolute atomic E-state index is 0.0421. The molecule has 5 nitrogen and oxygen atoms in total. The Kier molecular flexibility index (Phi) is 6.15. The maximum Gasteiger partial charge on any atom is 0.416 e. The van der Waals surface area contributed by atoms with E-state index in [-0.39, 0.29) is 16.0 Å². The lowest BCUT2D eigenvalue weighted by Gasteiger charge is -2.28. The largest absolute Gasteiger partial charge is 0.416 e. The third kappa shape index (κ3) is 4.59. The van der Waals surface area contributed by atoms with Crippen LogP contribution in [0.2, 0.25) is 5.02 Å². The van der Waals surface area contributed by atoms with Crippen molar-refractivity contribution >= 4 is 33.2 Å². The van der Waals surface area contributed by atoms with E-state index in [0.29, 0.717) is 22.2 Å². The van der Waals surface area contributed by atoms with Gasteiger partial charge < -0.3 is 5.32 Å². The highest BCUT2D eigenvalue weighted by atomic mass is 35.5. The van der Waals surface area contributed by atoms with Crippen LogP contribution in [0, 0.1) is 11.8 Å². The second kappa shape index (κ2) is 8.59. The van der Waals surface area contributed by atoms with Gasteiger partial charge in [0.15, 0.2) is 0 Å². The highest BCUT2D eigenvalue weighted by Crippen LogP contribution is 2.44. The number of halogens is 4. The first kappa shape index (κ1) is 22.9. The molecule has 10 heteroatoms. The molecule has 0 aliphatic heterocycles. The lowest BCUT2D eigenvalue weighted by atomic mass is 9.95. The number of fused-ring (bicyclic) bond motifs is 2. The van der Waals surface area contributed by atoms with E-state index in [0.717, 1.165) is 37.8 Å². The van der Waals surface area contributed by atoms with E-state index >= 15 is 0 Å². The number of sulfonamides is 1. The number of nitrogens with one attached hydrogen (secondary N) is 1. The molecule has 1 N–H and O–H groups in total. The average molecular weight is 487 g/mol. The van der Waals surface area contributed by atoms with Gasteiger partial charge in [-0.3, -0.25) is 9.10 Å². The summed E-state index contributed by atoms with van der Waals surface area (Å²) in [5.74, 6) is 0.350. The second-order valence-electron chi connectivity index (χ2n) is 8.34. The fourth-order valence-electron chi connectivity index (χ4n) is 4.70. The van der Waals surface area contributed by atoms with Crippen molar-refractivity contribution in [1.82, 2.24) is 5.32 Å². The number of hydrogen-bond acceptors (Lipinski definition) is 3. The lowest BCUT2D eigenvalue weighted by Crippen LogP contribution is -2.46. The van der Waals surface area contributed by atoms with E-state index in [4.69, 9.17) is 11.6 Å². The molecular formula is C22H22ClF3N2O3S. The first-order chi connectivity index (χ1) is 15.1. The van der Waals surface area contributed by atoms with Crippen LogP contribution in [0.4, 0.5) is 18.9 Å². The molecule has 0 aromatic heterocycles. The van der Waals surface area contributed by atoms with Crippen LogP contribution in [0.1, 0.15) is 31.2 Å². The van der Waals surface area contributed by atoms with Crippen molar-refractivity contribution < 1.29 is 26.4 Å². The van der Waals surface area contributed by atoms with Crippen molar-refractivity contribution in [2.75, 3.05) is 10.8 Å². The number of carbonyl (C=O) groups is 1. The van der Waals surface area contributed by atoms with Crippen LogP contribution in [0.25, 0.3) is 0 Å². The Morgan fingerprint density at radius 3 is 2.41 bits per heavy atom. The Balaban J connectivity index is 1.68. The molecule has 0 unspecified atom stereocenters. The summed E-state index contributed by atoms with van der Waals surface area (Å²) in [6.45, 7) is -0.674. The number of nitrogens with zero attached hydrogens (tertiary/aromatic N) is 1. The van der Waals surface area contributed by atoms with Gasteiger partial charge >= 0.3 is 6.18 Å². The van der Waals surface area contributed by atoms with E-state index in [2.05, 4.69) is 5.32 Å². The van der Waals surface area contributed by atoms with E-state index in [1.165, 1.54) is 24.3 Å². The molecule has 0 heterocycles. The molecule has 2 aromatic carbocycles. The first-order valence-corrected chi connectivity index (χ1v) is 12.1. The third-order valence-corrected chi connectivity index (χ3v) is 8.34. The first-order valence-electron chi connectivity index (χ1n) is 10.3. The van der Waals surface area contributed by atoms with E-state index < -0.39 is 39.9 Å². The SMILES string of the molecule is O=C(CN(c1cc(C(F)(F)F)ccc1Cl)S(=O)(=O)c1ccccc1)N[C@H]1C[C@@H]2CC[C@@H]1C2. The van der Waals surface area contributed by atoms with Crippen LogP contribution in [-0.4, -0.2) is 26.9 Å². The monoisotopic (exact) mass is 486 g/mol. The summed E-state index contributed by atoms with van der Waals surface area (Å²) in [4.78, 5) is 12.7. The molecule has 2 fully saturated rings. The zero-order valence-corrected chi connectivity index (χ0v) is 18.6. The third-order valence-electron chi connectivity index (χ3n) is 6.25. The number of benzene rings is 2. The van der Waals surface area contributed by atoms with E-state index in [1.54, 1.807) is 6.07 Å². The number of rotatable bonds is 6. The molecule has 2 aromatic rings. The summed E-state index contributed by atoms with van der Waals surface area (Å²) in [6.07, 6.45) is -0.679.